The number of halogens is 3. The first-order valence-electron chi connectivity index (χ1n) is 11.5. The van der Waals surface area contributed by atoms with Crippen LogP contribution < -0.4 is 5.32 Å². The van der Waals surface area contributed by atoms with Crippen molar-refractivity contribution in [3.8, 4) is 5.75 Å². The number of rotatable bonds is 5. The van der Waals surface area contributed by atoms with E-state index in [1.165, 1.54) is 6.07 Å². The lowest BCUT2D eigenvalue weighted by Crippen LogP contribution is -2.45. The molecular formula is C25H30F3N3O2. The molecule has 8 heteroatoms. The van der Waals surface area contributed by atoms with Gasteiger partial charge in [0.05, 0.1) is 5.56 Å². The molecule has 1 heterocycles. The summed E-state index contributed by atoms with van der Waals surface area (Å²) in [6.07, 6.45) is -2.71. The van der Waals surface area contributed by atoms with Crippen LogP contribution >= 0.6 is 0 Å². The summed E-state index contributed by atoms with van der Waals surface area (Å²) in [6, 6.07) is 9.24. The van der Waals surface area contributed by atoms with Gasteiger partial charge in [-0.15, -0.1) is 0 Å². The van der Waals surface area contributed by atoms with Gasteiger partial charge in [0, 0.05) is 44.3 Å². The topological polar surface area (TPSA) is 55.8 Å². The first kappa shape index (κ1) is 23.6. The van der Waals surface area contributed by atoms with Gasteiger partial charge in [0.25, 0.3) is 0 Å². The fourth-order valence-corrected chi connectivity index (χ4v) is 4.77. The fourth-order valence-electron chi connectivity index (χ4n) is 4.77. The van der Waals surface area contributed by atoms with Gasteiger partial charge in [0.2, 0.25) is 5.91 Å². The Morgan fingerprint density at radius 2 is 1.79 bits per heavy atom. The molecule has 4 rings (SSSR count). The number of hydrogen-bond donors (Lipinski definition) is 2. The third-order valence-corrected chi connectivity index (χ3v) is 6.78. The number of nitrogens with one attached hydrogen (secondary N) is 1. The first-order valence-corrected chi connectivity index (χ1v) is 11.5. The Labute approximate surface area is 192 Å². The third kappa shape index (κ3) is 5.68. The molecule has 1 aliphatic carbocycles. The molecule has 0 saturated carbocycles. The van der Waals surface area contributed by atoms with Gasteiger partial charge >= 0.3 is 6.18 Å². The number of carbonyl (C=O) groups is 1. The van der Waals surface area contributed by atoms with Crippen molar-refractivity contribution in [3.63, 3.8) is 0 Å². The van der Waals surface area contributed by atoms with Crippen LogP contribution in [0.5, 0.6) is 5.75 Å². The third-order valence-electron chi connectivity index (χ3n) is 6.78. The maximum absolute atomic E-state index is 13.8. The van der Waals surface area contributed by atoms with Crippen molar-refractivity contribution < 1.29 is 23.1 Å². The Hall–Kier alpha value is -2.58. The Bertz CT molecular complexity index is 1000. The zero-order valence-electron chi connectivity index (χ0n) is 18.8. The van der Waals surface area contributed by atoms with E-state index < -0.39 is 11.7 Å². The highest BCUT2D eigenvalue weighted by Crippen LogP contribution is 2.35. The van der Waals surface area contributed by atoms with Crippen LogP contribution in [0.15, 0.2) is 36.4 Å². The number of amides is 1. The summed E-state index contributed by atoms with van der Waals surface area (Å²) < 4.78 is 41.5. The number of nitrogens with zero attached hydrogens (tertiary/aromatic N) is 2. The van der Waals surface area contributed by atoms with Crippen LogP contribution in [0.1, 0.15) is 35.6 Å². The molecule has 2 N–H and O–H groups in total. The molecule has 0 spiro atoms. The second-order valence-corrected chi connectivity index (χ2v) is 8.96. The van der Waals surface area contributed by atoms with E-state index in [2.05, 4.69) is 17.1 Å². The minimum Gasteiger partial charge on any atom is -0.508 e. The minimum atomic E-state index is -4.50. The number of piperazine rings is 1. The molecule has 178 valence electrons. The van der Waals surface area contributed by atoms with Crippen molar-refractivity contribution in [2.24, 2.45) is 5.92 Å². The van der Waals surface area contributed by atoms with Crippen molar-refractivity contribution in [2.75, 3.05) is 38.0 Å². The lowest BCUT2D eigenvalue weighted by molar-refractivity contribution is -0.138. The van der Waals surface area contributed by atoms with Crippen molar-refractivity contribution in [1.29, 1.82) is 0 Å². The summed E-state index contributed by atoms with van der Waals surface area (Å²) in [6.45, 7) is 6.46. The van der Waals surface area contributed by atoms with Gasteiger partial charge in [-0.25, -0.2) is 0 Å². The highest BCUT2D eigenvalue weighted by Gasteiger charge is 2.34. The Morgan fingerprint density at radius 3 is 2.48 bits per heavy atom. The van der Waals surface area contributed by atoms with Crippen LogP contribution in [-0.2, 0) is 30.4 Å². The number of benzene rings is 2. The number of hydrogen-bond acceptors (Lipinski definition) is 4. The summed E-state index contributed by atoms with van der Waals surface area (Å²) in [5, 5.41) is 12.4. The number of carbonyl (C=O) groups excluding carboxylic acids is 1. The van der Waals surface area contributed by atoms with Gasteiger partial charge in [0.15, 0.2) is 0 Å². The lowest BCUT2D eigenvalue weighted by Gasteiger charge is -2.34. The molecule has 0 aromatic heterocycles. The van der Waals surface area contributed by atoms with E-state index in [-0.39, 0.29) is 35.4 Å². The maximum atomic E-state index is 13.8. The van der Waals surface area contributed by atoms with E-state index in [0.717, 1.165) is 49.9 Å². The molecule has 1 aliphatic heterocycles. The second kappa shape index (κ2) is 9.73. The van der Waals surface area contributed by atoms with E-state index in [9.17, 15) is 23.1 Å². The number of phenolic OH excluding ortho intramolecular Hbond substituents is 1. The number of aryl methyl sites for hydroxylation is 1. The number of alkyl halides is 3. The van der Waals surface area contributed by atoms with Gasteiger partial charge in [-0.3, -0.25) is 9.69 Å². The molecule has 1 saturated heterocycles. The summed E-state index contributed by atoms with van der Waals surface area (Å²) in [7, 11) is 0. The van der Waals surface area contributed by atoms with E-state index in [0.29, 0.717) is 19.3 Å². The zero-order chi connectivity index (χ0) is 23.6. The Kier molecular flexibility index (Phi) is 6.95. The van der Waals surface area contributed by atoms with Crippen molar-refractivity contribution >= 4 is 11.6 Å². The molecule has 1 amide bonds. The smallest absolute Gasteiger partial charge is 0.416 e. The Morgan fingerprint density at radius 1 is 1.06 bits per heavy atom. The standard InChI is InChI=1S/C25H30F3N3O2/c1-2-30-9-11-31(12-10-30)16-19-5-7-21(15-23(19)25(26,27)28)29-24(33)18-4-3-17-6-8-22(32)14-20(17)13-18/h5-8,14-15,18,32H,2-4,9-13,16H2,1H3,(H,29,33). The summed E-state index contributed by atoms with van der Waals surface area (Å²) in [5.74, 6) is -0.486. The molecule has 2 aliphatic rings. The van der Waals surface area contributed by atoms with Crippen LogP contribution in [0, 0.1) is 5.92 Å². The molecule has 0 bridgehead atoms. The van der Waals surface area contributed by atoms with Crippen LogP contribution in [0.3, 0.4) is 0 Å². The minimum absolute atomic E-state index is 0.149. The predicted octanol–water partition coefficient (Wildman–Crippen LogP) is 4.29. The van der Waals surface area contributed by atoms with Crippen LogP contribution in [-0.4, -0.2) is 53.5 Å². The predicted molar refractivity (Wildman–Crippen MR) is 121 cm³/mol. The molecule has 1 fully saturated rings. The van der Waals surface area contributed by atoms with Gasteiger partial charge < -0.3 is 15.3 Å². The SMILES string of the molecule is CCN1CCN(Cc2ccc(NC(=O)C3CCc4ccc(O)cc4C3)cc2C(F)(F)F)CC1. The molecule has 5 nitrogen and oxygen atoms in total. The van der Waals surface area contributed by atoms with E-state index in [4.69, 9.17) is 0 Å². The normalized spacial score (nSPS) is 19.8. The highest BCUT2D eigenvalue weighted by atomic mass is 19.4. The van der Waals surface area contributed by atoms with E-state index in [1.807, 2.05) is 11.0 Å². The average Bonchev–Trinajstić information content (AvgIpc) is 2.79. The average molecular weight is 462 g/mol. The summed E-state index contributed by atoms with van der Waals surface area (Å²) in [4.78, 5) is 17.1. The molecule has 1 atom stereocenters. The monoisotopic (exact) mass is 461 g/mol. The fraction of sp³-hybridized carbons (Fsp3) is 0.480. The number of fused-ring (bicyclic) bond motifs is 1. The van der Waals surface area contributed by atoms with Crippen molar-refractivity contribution in [3.05, 3.63) is 58.7 Å². The molecule has 33 heavy (non-hydrogen) atoms. The largest absolute Gasteiger partial charge is 0.508 e. The molecule has 2 aromatic rings. The van der Waals surface area contributed by atoms with E-state index >= 15 is 0 Å². The lowest BCUT2D eigenvalue weighted by atomic mass is 9.83. The second-order valence-electron chi connectivity index (χ2n) is 8.96. The molecule has 0 radical (unpaired) electrons. The van der Waals surface area contributed by atoms with Crippen molar-refractivity contribution in [2.45, 2.75) is 38.9 Å². The number of aromatic hydroxyl groups is 1. The van der Waals surface area contributed by atoms with E-state index in [1.54, 1.807) is 18.2 Å². The van der Waals surface area contributed by atoms with Crippen LogP contribution in [0.2, 0.25) is 0 Å². The van der Waals surface area contributed by atoms with Gasteiger partial charge in [0.1, 0.15) is 5.75 Å². The summed E-state index contributed by atoms with van der Waals surface area (Å²) in [5.41, 5.74) is 1.70. The van der Waals surface area contributed by atoms with Gasteiger partial charge in [-0.05, 0) is 66.8 Å². The maximum Gasteiger partial charge on any atom is 0.416 e. The van der Waals surface area contributed by atoms with Gasteiger partial charge in [-0.2, -0.15) is 13.2 Å². The first-order chi connectivity index (χ1) is 15.7. The van der Waals surface area contributed by atoms with Gasteiger partial charge in [-0.1, -0.05) is 19.1 Å². The molecule has 1 unspecified atom stereocenters. The zero-order valence-corrected chi connectivity index (χ0v) is 18.8. The van der Waals surface area contributed by atoms with Crippen molar-refractivity contribution in [1.82, 2.24) is 9.80 Å². The quantitative estimate of drug-likeness (QED) is 0.698. The molecule has 2 aromatic carbocycles. The summed E-state index contributed by atoms with van der Waals surface area (Å²) >= 11 is 0. The molecular weight excluding hydrogens is 431 g/mol. The van der Waals surface area contributed by atoms with Crippen LogP contribution in [0.25, 0.3) is 0 Å². The number of phenols is 1. The van der Waals surface area contributed by atoms with Crippen LogP contribution in [0.4, 0.5) is 18.9 Å². The Balaban J connectivity index is 1.45. The number of anilines is 1. The number of likely N-dealkylation sites (N-methyl/N-ethyl adjacent to an activating group) is 1. The highest BCUT2D eigenvalue weighted by molar-refractivity contribution is 5.93.